The molecule has 0 atom stereocenters. The maximum absolute atomic E-state index is 12.3. The van der Waals surface area contributed by atoms with E-state index in [1.807, 2.05) is 37.3 Å². The molecule has 5 nitrogen and oxygen atoms in total. The summed E-state index contributed by atoms with van der Waals surface area (Å²) >= 11 is 13.9. The monoisotopic (exact) mass is 496 g/mol. The summed E-state index contributed by atoms with van der Waals surface area (Å²) in [4.78, 5) is 29.0. The van der Waals surface area contributed by atoms with E-state index in [9.17, 15) is 9.59 Å². The zero-order valence-corrected chi connectivity index (χ0v) is 19.8. The Morgan fingerprint density at radius 1 is 1.06 bits per heavy atom. The van der Waals surface area contributed by atoms with Gasteiger partial charge in [0.05, 0.1) is 15.0 Å². The Kier molecular flexibility index (Phi) is 7.18. The molecule has 1 saturated heterocycles. The molecule has 0 unspecified atom stereocenters. The first-order chi connectivity index (χ1) is 15.9. The SMILES string of the molecule is Cc1ccc(COc2c(Cl)cc(/C=C3\SC(=NC(=O)c4ccccc4)NC3=O)cc2Cl)cc1. The third-order valence-electron chi connectivity index (χ3n) is 4.70. The molecule has 2 amide bonds. The van der Waals surface area contributed by atoms with Crippen LogP contribution in [0.5, 0.6) is 5.75 Å². The maximum atomic E-state index is 12.3. The number of carbonyl (C=O) groups excluding carboxylic acids is 2. The number of thioether (sulfide) groups is 1. The van der Waals surface area contributed by atoms with Crippen LogP contribution in [0.15, 0.2) is 76.6 Å². The molecule has 0 saturated carbocycles. The summed E-state index contributed by atoms with van der Waals surface area (Å²) in [5, 5.41) is 3.48. The van der Waals surface area contributed by atoms with Crippen LogP contribution in [0.1, 0.15) is 27.0 Å². The van der Waals surface area contributed by atoms with Gasteiger partial charge in [-0.25, -0.2) is 0 Å². The average molecular weight is 497 g/mol. The summed E-state index contributed by atoms with van der Waals surface area (Å²) < 4.78 is 5.82. The molecule has 4 rings (SSSR count). The number of carbonyl (C=O) groups is 2. The standard InChI is InChI=1S/C25H18Cl2N2O3S/c1-15-7-9-16(10-8-15)14-32-22-19(26)11-17(12-20(22)27)13-21-24(31)29-25(33-21)28-23(30)18-5-3-2-4-6-18/h2-13H,14H2,1H3,(H,28,29,30,31)/b21-13-. The van der Waals surface area contributed by atoms with Crippen LogP contribution >= 0.6 is 35.0 Å². The van der Waals surface area contributed by atoms with E-state index in [1.165, 1.54) is 5.56 Å². The zero-order chi connectivity index (χ0) is 23.4. The lowest BCUT2D eigenvalue weighted by Gasteiger charge is -2.11. The van der Waals surface area contributed by atoms with Crippen LogP contribution in [0.2, 0.25) is 10.0 Å². The Morgan fingerprint density at radius 2 is 1.73 bits per heavy atom. The number of amidine groups is 1. The van der Waals surface area contributed by atoms with Gasteiger partial charge in [-0.3, -0.25) is 9.59 Å². The van der Waals surface area contributed by atoms with Gasteiger partial charge in [0.15, 0.2) is 10.9 Å². The van der Waals surface area contributed by atoms with E-state index in [0.717, 1.165) is 17.3 Å². The third kappa shape index (κ3) is 5.85. The van der Waals surface area contributed by atoms with Crippen molar-refractivity contribution in [1.29, 1.82) is 0 Å². The second-order valence-corrected chi connectivity index (χ2v) is 9.09. The zero-order valence-electron chi connectivity index (χ0n) is 17.5. The largest absolute Gasteiger partial charge is 0.486 e. The summed E-state index contributed by atoms with van der Waals surface area (Å²) in [6.07, 6.45) is 1.64. The number of nitrogens with one attached hydrogen (secondary N) is 1. The van der Waals surface area contributed by atoms with Crippen molar-refractivity contribution in [2.45, 2.75) is 13.5 Å². The fourth-order valence-electron chi connectivity index (χ4n) is 3.01. The number of ether oxygens (including phenoxy) is 1. The second kappa shape index (κ2) is 10.3. The fraction of sp³-hybridized carbons (Fsp3) is 0.0800. The minimum absolute atomic E-state index is 0.218. The number of halogens is 2. The van der Waals surface area contributed by atoms with Gasteiger partial charge in [-0.1, -0.05) is 71.2 Å². The third-order valence-corrected chi connectivity index (χ3v) is 6.17. The molecule has 1 heterocycles. The van der Waals surface area contributed by atoms with E-state index in [0.29, 0.717) is 38.4 Å². The lowest BCUT2D eigenvalue weighted by atomic mass is 10.1. The molecule has 166 valence electrons. The molecule has 1 aliphatic heterocycles. The number of aliphatic imine (C=N–C) groups is 1. The van der Waals surface area contributed by atoms with Gasteiger partial charge in [0.1, 0.15) is 6.61 Å². The Labute approximate surface area is 205 Å². The van der Waals surface area contributed by atoms with Crippen LogP contribution in [-0.2, 0) is 11.4 Å². The first-order valence-electron chi connectivity index (χ1n) is 9.95. The van der Waals surface area contributed by atoms with E-state index < -0.39 is 5.91 Å². The predicted octanol–water partition coefficient (Wildman–Crippen LogP) is 6.28. The number of hydrogen-bond donors (Lipinski definition) is 1. The van der Waals surface area contributed by atoms with Gasteiger partial charge in [-0.15, -0.1) is 0 Å². The minimum atomic E-state index is -0.430. The van der Waals surface area contributed by atoms with Gasteiger partial charge < -0.3 is 10.1 Å². The Bertz CT molecular complexity index is 1250. The highest BCUT2D eigenvalue weighted by Crippen LogP contribution is 2.36. The number of aryl methyl sites for hydroxylation is 1. The molecule has 3 aromatic carbocycles. The highest BCUT2D eigenvalue weighted by atomic mass is 35.5. The van der Waals surface area contributed by atoms with E-state index in [1.54, 1.807) is 42.5 Å². The molecular formula is C25H18Cl2N2O3S. The smallest absolute Gasteiger partial charge is 0.279 e. The Hall–Kier alpha value is -3.06. The molecule has 0 aliphatic carbocycles. The van der Waals surface area contributed by atoms with E-state index in [4.69, 9.17) is 27.9 Å². The number of benzene rings is 3. The normalized spacial score (nSPS) is 15.7. The van der Waals surface area contributed by atoms with E-state index in [-0.39, 0.29) is 11.1 Å². The molecule has 0 bridgehead atoms. The fourth-order valence-corrected chi connectivity index (χ4v) is 4.44. The first kappa shape index (κ1) is 23.1. The molecule has 0 radical (unpaired) electrons. The second-order valence-electron chi connectivity index (χ2n) is 7.24. The van der Waals surface area contributed by atoms with Crippen molar-refractivity contribution in [2.24, 2.45) is 4.99 Å². The van der Waals surface area contributed by atoms with Gasteiger partial charge in [0.25, 0.3) is 11.8 Å². The van der Waals surface area contributed by atoms with Crippen LogP contribution in [0.4, 0.5) is 0 Å². The Morgan fingerprint density at radius 3 is 2.39 bits per heavy atom. The summed E-state index contributed by atoms with van der Waals surface area (Å²) in [6, 6.07) is 20.0. The van der Waals surface area contributed by atoms with Gasteiger partial charge in [0, 0.05) is 5.56 Å². The molecule has 1 N–H and O–H groups in total. The van der Waals surface area contributed by atoms with Crippen LogP contribution in [0.25, 0.3) is 6.08 Å². The van der Waals surface area contributed by atoms with Crippen molar-refractivity contribution in [1.82, 2.24) is 5.32 Å². The summed E-state index contributed by atoms with van der Waals surface area (Å²) in [5.41, 5.74) is 3.23. The molecule has 8 heteroatoms. The van der Waals surface area contributed by atoms with Crippen molar-refractivity contribution in [2.75, 3.05) is 0 Å². The van der Waals surface area contributed by atoms with E-state index >= 15 is 0 Å². The number of amides is 2. The number of nitrogens with zero attached hydrogens (tertiary/aromatic N) is 1. The van der Waals surface area contributed by atoms with Gasteiger partial charge in [-0.05, 0) is 60.2 Å². The lowest BCUT2D eigenvalue weighted by molar-refractivity contribution is -0.115. The quantitative estimate of drug-likeness (QED) is 0.422. The molecule has 1 fully saturated rings. The van der Waals surface area contributed by atoms with Crippen LogP contribution < -0.4 is 10.1 Å². The summed E-state index contributed by atoms with van der Waals surface area (Å²) in [6.45, 7) is 2.35. The number of hydrogen-bond acceptors (Lipinski definition) is 4. The van der Waals surface area contributed by atoms with Crippen molar-refractivity contribution < 1.29 is 14.3 Å². The molecule has 1 aliphatic rings. The van der Waals surface area contributed by atoms with Crippen molar-refractivity contribution >= 4 is 58.0 Å². The van der Waals surface area contributed by atoms with Crippen LogP contribution in [0.3, 0.4) is 0 Å². The van der Waals surface area contributed by atoms with Crippen LogP contribution in [-0.4, -0.2) is 17.0 Å². The predicted molar refractivity (Wildman–Crippen MR) is 134 cm³/mol. The van der Waals surface area contributed by atoms with Crippen molar-refractivity contribution in [3.05, 3.63) is 104 Å². The van der Waals surface area contributed by atoms with Crippen molar-refractivity contribution in [3.8, 4) is 5.75 Å². The molecule has 0 aromatic heterocycles. The Balaban J connectivity index is 1.48. The first-order valence-corrected chi connectivity index (χ1v) is 11.5. The number of rotatable bonds is 5. The summed E-state index contributed by atoms with van der Waals surface area (Å²) in [7, 11) is 0. The van der Waals surface area contributed by atoms with E-state index in [2.05, 4.69) is 10.3 Å². The maximum Gasteiger partial charge on any atom is 0.279 e. The van der Waals surface area contributed by atoms with Crippen LogP contribution in [0, 0.1) is 6.92 Å². The topological polar surface area (TPSA) is 67.8 Å². The molecule has 0 spiro atoms. The molecule has 33 heavy (non-hydrogen) atoms. The van der Waals surface area contributed by atoms with Gasteiger partial charge in [0.2, 0.25) is 0 Å². The average Bonchev–Trinajstić information content (AvgIpc) is 3.13. The van der Waals surface area contributed by atoms with Gasteiger partial charge in [-0.2, -0.15) is 4.99 Å². The lowest BCUT2D eigenvalue weighted by Crippen LogP contribution is -2.20. The summed E-state index contributed by atoms with van der Waals surface area (Å²) in [5.74, 6) is -0.410. The molecular weight excluding hydrogens is 479 g/mol. The van der Waals surface area contributed by atoms with Crippen molar-refractivity contribution in [3.63, 3.8) is 0 Å². The molecule has 3 aromatic rings. The van der Waals surface area contributed by atoms with Gasteiger partial charge >= 0.3 is 0 Å². The highest BCUT2D eigenvalue weighted by molar-refractivity contribution is 8.18. The highest BCUT2D eigenvalue weighted by Gasteiger charge is 2.25. The minimum Gasteiger partial charge on any atom is -0.486 e.